The topological polar surface area (TPSA) is 87.5 Å². The van der Waals surface area contributed by atoms with Crippen molar-refractivity contribution in [3.63, 3.8) is 0 Å². The third kappa shape index (κ3) is 2.94. The fraction of sp³-hybridized carbons (Fsp3) is 0.312. The minimum Gasteiger partial charge on any atom is -0.359 e. The Morgan fingerprint density at radius 1 is 1.46 bits per heavy atom. The summed E-state index contributed by atoms with van der Waals surface area (Å²) in [6, 6.07) is 4.32. The molecule has 2 heterocycles. The number of aryl methyl sites for hydroxylation is 2. The summed E-state index contributed by atoms with van der Waals surface area (Å²) in [5, 5.41) is 9.20. The van der Waals surface area contributed by atoms with Gasteiger partial charge in [0.2, 0.25) is 5.91 Å². The average Bonchev–Trinajstić information content (AvgIpc) is 2.86. The zero-order valence-corrected chi connectivity index (χ0v) is 13.3. The molecule has 2 aromatic rings. The van der Waals surface area contributed by atoms with Gasteiger partial charge in [-0.25, -0.2) is 9.18 Å². The molecule has 0 unspecified atom stereocenters. The van der Waals surface area contributed by atoms with Crippen LogP contribution in [0.25, 0.3) is 0 Å². The van der Waals surface area contributed by atoms with E-state index < -0.39 is 17.9 Å². The van der Waals surface area contributed by atoms with Crippen LogP contribution in [0.3, 0.4) is 0 Å². The Labute approximate surface area is 137 Å². The predicted octanol–water partition coefficient (Wildman–Crippen LogP) is 2.14. The van der Waals surface area contributed by atoms with Crippen LogP contribution in [0.4, 0.5) is 14.9 Å². The number of rotatable bonds is 2. The molecule has 0 radical (unpaired) electrons. The SMILES string of the molecule is Cc1noc(C)c1NC(=O)N1CCNC(=O)[C@@H]1c1cccc(F)c1. The van der Waals surface area contributed by atoms with Crippen molar-refractivity contribution in [3.8, 4) is 0 Å². The van der Waals surface area contributed by atoms with E-state index in [2.05, 4.69) is 15.8 Å². The molecule has 1 aromatic heterocycles. The van der Waals surface area contributed by atoms with Crippen LogP contribution >= 0.6 is 0 Å². The number of hydrogen-bond donors (Lipinski definition) is 2. The molecule has 0 aliphatic carbocycles. The molecule has 24 heavy (non-hydrogen) atoms. The first-order chi connectivity index (χ1) is 11.5. The highest BCUT2D eigenvalue weighted by molar-refractivity contribution is 5.95. The Balaban J connectivity index is 1.89. The zero-order valence-electron chi connectivity index (χ0n) is 13.3. The number of carbonyl (C=O) groups is 2. The van der Waals surface area contributed by atoms with E-state index in [1.54, 1.807) is 19.9 Å². The van der Waals surface area contributed by atoms with Crippen LogP contribution in [0.15, 0.2) is 28.8 Å². The maximum atomic E-state index is 13.5. The third-order valence-corrected chi connectivity index (χ3v) is 3.90. The Bertz CT molecular complexity index is 770. The zero-order chi connectivity index (χ0) is 17.3. The largest absolute Gasteiger partial charge is 0.359 e. The summed E-state index contributed by atoms with van der Waals surface area (Å²) < 4.78 is 18.5. The fourth-order valence-electron chi connectivity index (χ4n) is 2.73. The lowest BCUT2D eigenvalue weighted by Crippen LogP contribution is -2.53. The summed E-state index contributed by atoms with van der Waals surface area (Å²) in [5.41, 5.74) is 1.44. The van der Waals surface area contributed by atoms with Crippen molar-refractivity contribution in [1.29, 1.82) is 0 Å². The Morgan fingerprint density at radius 2 is 2.25 bits per heavy atom. The molecule has 1 aromatic carbocycles. The number of halogens is 1. The average molecular weight is 332 g/mol. The van der Waals surface area contributed by atoms with Crippen molar-refractivity contribution in [1.82, 2.24) is 15.4 Å². The van der Waals surface area contributed by atoms with E-state index in [0.29, 0.717) is 35.8 Å². The number of piperazine rings is 1. The molecule has 1 saturated heterocycles. The first-order valence-electron chi connectivity index (χ1n) is 7.51. The molecule has 1 fully saturated rings. The van der Waals surface area contributed by atoms with Crippen LogP contribution in [0.1, 0.15) is 23.1 Å². The van der Waals surface area contributed by atoms with Gasteiger partial charge in [0, 0.05) is 13.1 Å². The number of nitrogens with one attached hydrogen (secondary N) is 2. The number of carbonyl (C=O) groups excluding carboxylic acids is 2. The van der Waals surface area contributed by atoms with Crippen molar-refractivity contribution in [2.24, 2.45) is 0 Å². The highest BCUT2D eigenvalue weighted by atomic mass is 19.1. The van der Waals surface area contributed by atoms with Crippen LogP contribution in [-0.4, -0.2) is 35.1 Å². The quantitative estimate of drug-likeness (QED) is 0.882. The van der Waals surface area contributed by atoms with Crippen molar-refractivity contribution >= 4 is 17.6 Å². The van der Waals surface area contributed by atoms with E-state index in [1.165, 1.54) is 23.1 Å². The number of aromatic nitrogens is 1. The number of hydrogen-bond acceptors (Lipinski definition) is 4. The van der Waals surface area contributed by atoms with Gasteiger partial charge in [-0.05, 0) is 31.5 Å². The minimum atomic E-state index is -0.894. The smallest absolute Gasteiger partial charge is 0.323 e. The molecule has 7 nitrogen and oxygen atoms in total. The van der Waals surface area contributed by atoms with Crippen LogP contribution < -0.4 is 10.6 Å². The second kappa shape index (κ2) is 6.31. The summed E-state index contributed by atoms with van der Waals surface area (Å²) >= 11 is 0. The fourth-order valence-corrected chi connectivity index (χ4v) is 2.73. The van der Waals surface area contributed by atoms with Gasteiger partial charge in [0.1, 0.15) is 23.2 Å². The molecule has 1 aliphatic heterocycles. The van der Waals surface area contributed by atoms with Gasteiger partial charge in [0.25, 0.3) is 0 Å². The second-order valence-corrected chi connectivity index (χ2v) is 5.57. The lowest BCUT2D eigenvalue weighted by molar-refractivity contribution is -0.127. The highest BCUT2D eigenvalue weighted by Crippen LogP contribution is 2.26. The second-order valence-electron chi connectivity index (χ2n) is 5.57. The van der Waals surface area contributed by atoms with E-state index in [-0.39, 0.29) is 5.91 Å². The molecule has 3 amide bonds. The molecule has 1 aliphatic rings. The van der Waals surface area contributed by atoms with Crippen molar-refractivity contribution in [2.75, 3.05) is 18.4 Å². The lowest BCUT2D eigenvalue weighted by Gasteiger charge is -2.35. The number of amides is 3. The Morgan fingerprint density at radius 3 is 2.92 bits per heavy atom. The van der Waals surface area contributed by atoms with Crippen LogP contribution in [0.5, 0.6) is 0 Å². The van der Waals surface area contributed by atoms with Gasteiger partial charge >= 0.3 is 6.03 Å². The highest BCUT2D eigenvalue weighted by Gasteiger charge is 2.35. The van der Waals surface area contributed by atoms with Crippen LogP contribution in [-0.2, 0) is 4.79 Å². The first kappa shape index (κ1) is 16.0. The van der Waals surface area contributed by atoms with Crippen LogP contribution in [0, 0.1) is 19.7 Å². The molecule has 1 atom stereocenters. The molecule has 8 heteroatoms. The summed E-state index contributed by atoms with van der Waals surface area (Å²) in [4.78, 5) is 26.3. The molecule has 126 valence electrons. The maximum absolute atomic E-state index is 13.5. The summed E-state index contributed by atoms with van der Waals surface area (Å²) in [5.74, 6) is -0.331. The number of urea groups is 1. The van der Waals surface area contributed by atoms with Crippen molar-refractivity contribution in [3.05, 3.63) is 47.1 Å². The summed E-state index contributed by atoms with van der Waals surface area (Å²) in [6.07, 6.45) is 0. The number of nitrogens with zero attached hydrogens (tertiary/aromatic N) is 2. The molecule has 3 rings (SSSR count). The Kier molecular flexibility index (Phi) is 4.20. The van der Waals surface area contributed by atoms with Gasteiger partial charge in [-0.1, -0.05) is 17.3 Å². The first-order valence-corrected chi connectivity index (χ1v) is 7.51. The molecule has 0 spiro atoms. The van der Waals surface area contributed by atoms with E-state index in [0.717, 1.165) is 0 Å². The number of benzene rings is 1. The molecular weight excluding hydrogens is 315 g/mol. The van der Waals surface area contributed by atoms with E-state index in [9.17, 15) is 14.0 Å². The molecular formula is C16H17FN4O3. The third-order valence-electron chi connectivity index (χ3n) is 3.90. The van der Waals surface area contributed by atoms with Gasteiger partial charge in [-0.15, -0.1) is 0 Å². The van der Waals surface area contributed by atoms with Gasteiger partial charge in [0.05, 0.1) is 0 Å². The van der Waals surface area contributed by atoms with Gasteiger partial charge in [0.15, 0.2) is 5.76 Å². The van der Waals surface area contributed by atoms with Gasteiger partial charge in [-0.2, -0.15) is 0 Å². The minimum absolute atomic E-state index is 0.308. The van der Waals surface area contributed by atoms with Gasteiger partial charge in [-0.3, -0.25) is 4.79 Å². The monoisotopic (exact) mass is 332 g/mol. The van der Waals surface area contributed by atoms with E-state index >= 15 is 0 Å². The standard InChI is InChI=1S/C16H17FN4O3/c1-9-13(10(2)24-20-9)19-16(23)21-7-6-18-15(22)14(21)11-4-3-5-12(17)8-11/h3-5,8,14H,6-7H2,1-2H3,(H,18,22)(H,19,23)/t14-/m0/s1. The van der Waals surface area contributed by atoms with E-state index in [1.807, 2.05) is 0 Å². The summed E-state index contributed by atoms with van der Waals surface area (Å²) in [6.45, 7) is 4.03. The molecule has 2 N–H and O–H groups in total. The summed E-state index contributed by atoms with van der Waals surface area (Å²) in [7, 11) is 0. The van der Waals surface area contributed by atoms with Gasteiger partial charge < -0.3 is 20.1 Å². The van der Waals surface area contributed by atoms with Crippen molar-refractivity contribution < 1.29 is 18.5 Å². The normalized spacial score (nSPS) is 17.5. The van der Waals surface area contributed by atoms with Crippen molar-refractivity contribution in [2.45, 2.75) is 19.9 Å². The predicted molar refractivity (Wildman–Crippen MR) is 83.9 cm³/mol. The lowest BCUT2D eigenvalue weighted by atomic mass is 10.0. The number of anilines is 1. The van der Waals surface area contributed by atoms with E-state index in [4.69, 9.17) is 4.52 Å². The maximum Gasteiger partial charge on any atom is 0.323 e. The Hall–Kier alpha value is -2.90. The molecule has 0 saturated carbocycles. The molecule has 0 bridgehead atoms. The van der Waals surface area contributed by atoms with Crippen LogP contribution in [0.2, 0.25) is 0 Å².